The van der Waals surface area contributed by atoms with E-state index in [1.54, 1.807) is 0 Å². The average Bonchev–Trinajstić information content (AvgIpc) is 2.82. The van der Waals surface area contributed by atoms with Gasteiger partial charge in [0.05, 0.1) is 6.10 Å². The lowest BCUT2D eigenvalue weighted by atomic mass is 9.44. The maximum atomic E-state index is 10.5. The number of rotatable bonds is 0. The molecule has 0 bridgehead atoms. The average molecular weight is 319 g/mol. The number of nitrogens with zero attached hydrogens (tertiary/aromatic N) is 1. The Hall–Kier alpha value is -0.570. The second kappa shape index (κ2) is 5.21. The molecular formula is C20H34N2O. The van der Waals surface area contributed by atoms with Gasteiger partial charge in [-0.15, -0.1) is 0 Å². The first-order valence-electron chi connectivity index (χ1n) is 9.85. The molecule has 3 nitrogen and oxygen atoms in total. The molecule has 0 saturated heterocycles. The predicted octanol–water partition coefficient (Wildman–Crippen LogP) is 3.95. The largest absolute Gasteiger partial charge is 0.393 e. The summed E-state index contributed by atoms with van der Waals surface area (Å²) >= 11 is 0. The van der Waals surface area contributed by atoms with Gasteiger partial charge in [-0.05, 0) is 91.8 Å². The van der Waals surface area contributed by atoms with E-state index < -0.39 is 0 Å². The van der Waals surface area contributed by atoms with Crippen LogP contribution < -0.4 is 5.84 Å². The third kappa shape index (κ3) is 2.08. The van der Waals surface area contributed by atoms with E-state index in [9.17, 15) is 5.11 Å². The molecule has 0 aromatic carbocycles. The van der Waals surface area contributed by atoms with Crippen molar-refractivity contribution in [1.82, 2.24) is 0 Å². The standard InChI is InChI=1S/C20H34N2O/c1-12-11-20(3)13(10-17(12)22-21)4-5-14-15-6-7-18(23)19(15,2)9-8-16(14)20/h12-16,18,23H,4-11,21H2,1-3H3/t12?,13?,14-,15-,16-,18-,19-,20-/m0/s1. The summed E-state index contributed by atoms with van der Waals surface area (Å²) in [6.45, 7) is 7.28. The van der Waals surface area contributed by atoms with Crippen molar-refractivity contribution in [1.29, 1.82) is 0 Å². The summed E-state index contributed by atoms with van der Waals surface area (Å²) in [5.74, 6) is 9.43. The molecule has 8 atom stereocenters. The van der Waals surface area contributed by atoms with Gasteiger partial charge in [-0.2, -0.15) is 5.10 Å². The van der Waals surface area contributed by atoms with E-state index in [2.05, 4.69) is 25.9 Å². The summed E-state index contributed by atoms with van der Waals surface area (Å²) in [5, 5.41) is 14.7. The molecule has 23 heavy (non-hydrogen) atoms. The first kappa shape index (κ1) is 15.9. The van der Waals surface area contributed by atoms with Crippen LogP contribution in [0.15, 0.2) is 5.10 Å². The summed E-state index contributed by atoms with van der Waals surface area (Å²) in [6.07, 6.45) is 9.88. The van der Waals surface area contributed by atoms with Gasteiger partial charge >= 0.3 is 0 Å². The van der Waals surface area contributed by atoms with Crippen molar-refractivity contribution in [3.63, 3.8) is 0 Å². The fraction of sp³-hybridized carbons (Fsp3) is 0.950. The summed E-state index contributed by atoms with van der Waals surface area (Å²) in [7, 11) is 0. The highest BCUT2D eigenvalue weighted by Gasteiger charge is 2.60. The van der Waals surface area contributed by atoms with Gasteiger partial charge in [-0.3, -0.25) is 0 Å². The molecule has 0 heterocycles. The van der Waals surface area contributed by atoms with E-state index in [0.717, 1.165) is 36.5 Å². The Morgan fingerprint density at radius 2 is 1.78 bits per heavy atom. The predicted molar refractivity (Wildman–Crippen MR) is 93.9 cm³/mol. The molecule has 3 heteroatoms. The monoisotopic (exact) mass is 318 g/mol. The molecule has 3 N–H and O–H groups in total. The zero-order valence-corrected chi connectivity index (χ0v) is 15.1. The minimum atomic E-state index is -0.0553. The lowest BCUT2D eigenvalue weighted by Crippen LogP contribution is -2.55. The van der Waals surface area contributed by atoms with Crippen LogP contribution in [0.25, 0.3) is 0 Å². The Bertz CT molecular complexity index is 518. The number of nitrogens with two attached hydrogens (primary N) is 1. The van der Waals surface area contributed by atoms with Gasteiger partial charge in [0.15, 0.2) is 0 Å². The minimum absolute atomic E-state index is 0.0553. The van der Waals surface area contributed by atoms with Crippen LogP contribution in [0.5, 0.6) is 0 Å². The van der Waals surface area contributed by atoms with Crippen LogP contribution in [-0.2, 0) is 0 Å². The van der Waals surface area contributed by atoms with Gasteiger partial charge in [-0.1, -0.05) is 20.8 Å². The van der Waals surface area contributed by atoms with E-state index in [-0.39, 0.29) is 11.5 Å². The number of aliphatic hydroxyl groups is 1. The summed E-state index contributed by atoms with van der Waals surface area (Å²) in [5.41, 5.74) is 1.92. The quantitative estimate of drug-likeness (QED) is 0.525. The van der Waals surface area contributed by atoms with Crippen LogP contribution in [0.4, 0.5) is 0 Å². The van der Waals surface area contributed by atoms with Crippen molar-refractivity contribution >= 4 is 5.71 Å². The summed E-state index contributed by atoms with van der Waals surface area (Å²) in [4.78, 5) is 0. The lowest BCUT2D eigenvalue weighted by Gasteiger charge is -2.61. The molecule has 0 aromatic rings. The van der Waals surface area contributed by atoms with E-state index in [0.29, 0.717) is 11.3 Å². The van der Waals surface area contributed by atoms with E-state index >= 15 is 0 Å². The van der Waals surface area contributed by atoms with Gasteiger partial charge < -0.3 is 10.9 Å². The van der Waals surface area contributed by atoms with Crippen LogP contribution in [0.1, 0.15) is 72.1 Å². The zero-order chi connectivity index (χ0) is 16.4. The Morgan fingerprint density at radius 1 is 1.04 bits per heavy atom. The molecule has 4 rings (SSSR count). The molecule has 0 amide bonds. The molecule has 4 fully saturated rings. The fourth-order valence-corrected chi connectivity index (χ4v) is 7.57. The molecule has 0 aliphatic heterocycles. The zero-order valence-electron chi connectivity index (χ0n) is 15.1. The molecule has 2 unspecified atom stereocenters. The molecule has 4 saturated carbocycles. The van der Waals surface area contributed by atoms with Gasteiger partial charge in [0, 0.05) is 5.71 Å². The minimum Gasteiger partial charge on any atom is -0.393 e. The van der Waals surface area contributed by atoms with Crippen LogP contribution in [0.3, 0.4) is 0 Å². The summed E-state index contributed by atoms with van der Waals surface area (Å²) < 4.78 is 0. The number of hydrogen-bond acceptors (Lipinski definition) is 3. The third-order valence-electron chi connectivity index (χ3n) is 8.95. The smallest absolute Gasteiger partial charge is 0.0596 e. The maximum Gasteiger partial charge on any atom is 0.0596 e. The molecule has 4 aliphatic carbocycles. The van der Waals surface area contributed by atoms with Crippen molar-refractivity contribution in [3.8, 4) is 0 Å². The normalized spacial score (nSPS) is 57.7. The fourth-order valence-electron chi connectivity index (χ4n) is 7.57. The van der Waals surface area contributed by atoms with Crippen LogP contribution in [0.2, 0.25) is 0 Å². The summed E-state index contributed by atoms with van der Waals surface area (Å²) in [6, 6.07) is 0. The SMILES string of the molecule is CC1C[C@@]2(C)C(CC[C@H]3[C@@H]4CC[C@H](O)[C@@]4(C)CC[C@@H]32)CC1=NN. The Morgan fingerprint density at radius 3 is 2.52 bits per heavy atom. The second-order valence-electron chi connectivity index (χ2n) is 9.72. The molecule has 0 spiro atoms. The number of aliphatic hydroxyl groups excluding tert-OH is 1. The first-order valence-corrected chi connectivity index (χ1v) is 9.85. The van der Waals surface area contributed by atoms with Crippen LogP contribution in [-0.4, -0.2) is 16.9 Å². The first-order chi connectivity index (χ1) is 10.9. The molecule has 0 radical (unpaired) electrons. The lowest BCUT2D eigenvalue weighted by molar-refractivity contribution is -0.116. The molecule has 4 aliphatic rings. The van der Waals surface area contributed by atoms with Crippen molar-refractivity contribution in [2.24, 2.45) is 51.4 Å². The van der Waals surface area contributed by atoms with E-state index in [4.69, 9.17) is 5.84 Å². The highest BCUT2D eigenvalue weighted by molar-refractivity contribution is 5.87. The third-order valence-corrected chi connectivity index (χ3v) is 8.95. The van der Waals surface area contributed by atoms with Gasteiger partial charge in [0.25, 0.3) is 0 Å². The number of fused-ring (bicyclic) bond motifs is 5. The van der Waals surface area contributed by atoms with Crippen molar-refractivity contribution in [2.45, 2.75) is 78.2 Å². The van der Waals surface area contributed by atoms with Gasteiger partial charge in [0.1, 0.15) is 0 Å². The second-order valence-corrected chi connectivity index (χ2v) is 9.72. The van der Waals surface area contributed by atoms with E-state index in [1.165, 1.54) is 44.2 Å². The number of hydrogen-bond donors (Lipinski definition) is 2. The van der Waals surface area contributed by atoms with Crippen LogP contribution in [0, 0.1) is 40.4 Å². The Labute approximate surface area is 141 Å². The topological polar surface area (TPSA) is 58.6 Å². The van der Waals surface area contributed by atoms with Crippen molar-refractivity contribution in [2.75, 3.05) is 0 Å². The molecule has 0 aromatic heterocycles. The Kier molecular flexibility index (Phi) is 3.61. The van der Waals surface area contributed by atoms with Crippen LogP contribution >= 0.6 is 0 Å². The van der Waals surface area contributed by atoms with E-state index in [1.807, 2.05) is 0 Å². The highest BCUT2D eigenvalue weighted by atomic mass is 16.3. The van der Waals surface area contributed by atoms with Gasteiger partial charge in [-0.25, -0.2) is 0 Å². The molecular weight excluding hydrogens is 284 g/mol. The maximum absolute atomic E-state index is 10.5. The van der Waals surface area contributed by atoms with Crippen molar-refractivity contribution < 1.29 is 5.11 Å². The number of hydrazone groups is 1. The van der Waals surface area contributed by atoms with Crippen molar-refractivity contribution in [3.05, 3.63) is 0 Å². The van der Waals surface area contributed by atoms with Gasteiger partial charge in [0.2, 0.25) is 0 Å². The highest BCUT2D eigenvalue weighted by Crippen LogP contribution is 2.66. The molecule has 130 valence electrons. The Balaban J connectivity index is 1.63.